The van der Waals surface area contributed by atoms with E-state index in [1.807, 2.05) is 6.07 Å². The Labute approximate surface area is 116 Å². The minimum atomic E-state index is -4.40. The Balaban J connectivity index is 2.49. The smallest absolute Gasteiger partial charge is 0.192 e. The SMILES string of the molecule is N#Cc1ccc(-c2ccc(Br)c(C(F)(F)F)c2)cc1. The quantitative estimate of drug-likeness (QED) is 0.723. The van der Waals surface area contributed by atoms with Gasteiger partial charge in [-0.2, -0.15) is 18.4 Å². The summed E-state index contributed by atoms with van der Waals surface area (Å²) in [6.07, 6.45) is -4.40. The van der Waals surface area contributed by atoms with Crippen LogP contribution in [0.2, 0.25) is 0 Å². The number of hydrogen-bond acceptors (Lipinski definition) is 1. The molecule has 0 fully saturated rings. The second-order valence-corrected chi connectivity index (χ2v) is 4.74. The zero-order valence-corrected chi connectivity index (χ0v) is 11.1. The Morgan fingerprint density at radius 2 is 1.53 bits per heavy atom. The maximum Gasteiger partial charge on any atom is 0.417 e. The number of rotatable bonds is 1. The minimum Gasteiger partial charge on any atom is -0.192 e. The molecule has 0 unspecified atom stereocenters. The van der Waals surface area contributed by atoms with Gasteiger partial charge in [0.05, 0.1) is 17.2 Å². The molecule has 2 rings (SSSR count). The van der Waals surface area contributed by atoms with Gasteiger partial charge in [0.1, 0.15) is 0 Å². The van der Waals surface area contributed by atoms with Crippen molar-refractivity contribution in [1.29, 1.82) is 5.26 Å². The fraction of sp³-hybridized carbons (Fsp3) is 0.0714. The van der Waals surface area contributed by atoms with E-state index in [2.05, 4.69) is 15.9 Å². The van der Waals surface area contributed by atoms with Gasteiger partial charge in [0.15, 0.2) is 0 Å². The Morgan fingerprint density at radius 3 is 2.05 bits per heavy atom. The molecule has 5 heteroatoms. The zero-order valence-electron chi connectivity index (χ0n) is 9.50. The first-order chi connectivity index (χ1) is 8.91. The molecule has 0 saturated carbocycles. The Bertz CT molecular complexity index is 639. The second kappa shape index (κ2) is 5.06. The maximum absolute atomic E-state index is 12.8. The van der Waals surface area contributed by atoms with Crippen LogP contribution in [0.15, 0.2) is 46.9 Å². The lowest BCUT2D eigenvalue weighted by molar-refractivity contribution is -0.138. The summed E-state index contributed by atoms with van der Waals surface area (Å²) in [5, 5.41) is 8.68. The van der Waals surface area contributed by atoms with Crippen molar-refractivity contribution in [3.63, 3.8) is 0 Å². The van der Waals surface area contributed by atoms with Gasteiger partial charge in [-0.1, -0.05) is 34.1 Å². The summed E-state index contributed by atoms with van der Waals surface area (Å²) < 4.78 is 38.4. The normalized spacial score (nSPS) is 11.1. The van der Waals surface area contributed by atoms with Crippen LogP contribution in [0, 0.1) is 11.3 Å². The number of hydrogen-bond donors (Lipinski definition) is 0. The molecular weight excluding hydrogens is 319 g/mol. The van der Waals surface area contributed by atoms with Crippen molar-refractivity contribution in [2.45, 2.75) is 6.18 Å². The van der Waals surface area contributed by atoms with Crippen molar-refractivity contribution >= 4 is 15.9 Å². The fourth-order valence-electron chi connectivity index (χ4n) is 1.66. The predicted octanol–water partition coefficient (Wildman–Crippen LogP) is 5.01. The van der Waals surface area contributed by atoms with E-state index in [1.165, 1.54) is 6.07 Å². The highest BCUT2D eigenvalue weighted by molar-refractivity contribution is 9.10. The first-order valence-electron chi connectivity index (χ1n) is 5.29. The molecule has 1 nitrogen and oxygen atoms in total. The molecule has 19 heavy (non-hydrogen) atoms. The molecular formula is C14H7BrF3N. The number of alkyl halides is 3. The van der Waals surface area contributed by atoms with Gasteiger partial charge < -0.3 is 0 Å². The molecule has 0 N–H and O–H groups in total. The van der Waals surface area contributed by atoms with Crippen LogP contribution in [-0.2, 0) is 6.18 Å². The molecule has 0 radical (unpaired) electrons. The van der Waals surface area contributed by atoms with Crippen LogP contribution in [0.25, 0.3) is 11.1 Å². The molecule has 0 saturated heterocycles. The second-order valence-electron chi connectivity index (χ2n) is 3.88. The van der Waals surface area contributed by atoms with Gasteiger partial charge in [0.2, 0.25) is 0 Å². The molecule has 0 aromatic heterocycles. The predicted molar refractivity (Wildman–Crippen MR) is 69.3 cm³/mol. The van der Waals surface area contributed by atoms with Crippen molar-refractivity contribution in [2.75, 3.05) is 0 Å². The van der Waals surface area contributed by atoms with E-state index in [4.69, 9.17) is 5.26 Å². The Kier molecular flexibility index (Phi) is 3.63. The summed E-state index contributed by atoms with van der Waals surface area (Å²) in [6, 6.07) is 12.4. The van der Waals surface area contributed by atoms with Gasteiger partial charge in [-0.05, 0) is 35.4 Å². The third kappa shape index (κ3) is 2.96. The molecule has 0 spiro atoms. The highest BCUT2D eigenvalue weighted by atomic mass is 79.9. The van der Waals surface area contributed by atoms with Gasteiger partial charge in [0, 0.05) is 4.47 Å². The topological polar surface area (TPSA) is 23.8 Å². The van der Waals surface area contributed by atoms with E-state index in [-0.39, 0.29) is 4.47 Å². The lowest BCUT2D eigenvalue weighted by Gasteiger charge is -2.11. The van der Waals surface area contributed by atoms with Crippen LogP contribution >= 0.6 is 15.9 Å². The van der Waals surface area contributed by atoms with E-state index < -0.39 is 11.7 Å². The standard InChI is InChI=1S/C14H7BrF3N/c15-13-6-5-11(7-12(13)14(16,17)18)10-3-1-9(8-19)2-4-10/h1-7H. The van der Waals surface area contributed by atoms with E-state index in [0.717, 1.165) is 6.07 Å². The Hall–Kier alpha value is -1.80. The van der Waals surface area contributed by atoms with E-state index in [9.17, 15) is 13.2 Å². The van der Waals surface area contributed by atoms with Gasteiger partial charge in [0.25, 0.3) is 0 Å². The summed E-state index contributed by atoms with van der Waals surface area (Å²) in [7, 11) is 0. The summed E-state index contributed by atoms with van der Waals surface area (Å²) in [5.74, 6) is 0. The van der Waals surface area contributed by atoms with Crippen LogP contribution < -0.4 is 0 Å². The lowest BCUT2D eigenvalue weighted by Crippen LogP contribution is -2.06. The summed E-state index contributed by atoms with van der Waals surface area (Å²) in [4.78, 5) is 0. The van der Waals surface area contributed by atoms with Gasteiger partial charge in [-0.3, -0.25) is 0 Å². The number of nitrogens with zero attached hydrogens (tertiary/aromatic N) is 1. The van der Waals surface area contributed by atoms with Crippen molar-refractivity contribution in [3.8, 4) is 17.2 Å². The monoisotopic (exact) mass is 325 g/mol. The highest BCUT2D eigenvalue weighted by Crippen LogP contribution is 2.37. The van der Waals surface area contributed by atoms with Crippen LogP contribution in [0.3, 0.4) is 0 Å². The van der Waals surface area contributed by atoms with Gasteiger partial charge >= 0.3 is 6.18 Å². The zero-order chi connectivity index (χ0) is 14.0. The first-order valence-corrected chi connectivity index (χ1v) is 6.08. The molecule has 2 aromatic rings. The fourth-order valence-corrected chi connectivity index (χ4v) is 2.13. The number of halogens is 4. The molecule has 0 atom stereocenters. The molecule has 0 aliphatic rings. The van der Waals surface area contributed by atoms with Crippen molar-refractivity contribution < 1.29 is 13.2 Å². The molecule has 2 aromatic carbocycles. The third-order valence-corrected chi connectivity index (χ3v) is 3.31. The lowest BCUT2D eigenvalue weighted by atomic mass is 10.0. The average molecular weight is 326 g/mol. The molecule has 0 bridgehead atoms. The van der Waals surface area contributed by atoms with Crippen LogP contribution in [0.1, 0.15) is 11.1 Å². The third-order valence-electron chi connectivity index (χ3n) is 2.62. The van der Waals surface area contributed by atoms with Gasteiger partial charge in [-0.25, -0.2) is 0 Å². The summed E-state index contributed by atoms with van der Waals surface area (Å²) in [5.41, 5.74) is 0.850. The van der Waals surface area contributed by atoms with Crippen LogP contribution in [-0.4, -0.2) is 0 Å². The van der Waals surface area contributed by atoms with E-state index in [0.29, 0.717) is 16.7 Å². The average Bonchev–Trinajstić information content (AvgIpc) is 2.38. The summed E-state index contributed by atoms with van der Waals surface area (Å²) in [6.45, 7) is 0. The molecule has 0 amide bonds. The molecule has 96 valence electrons. The van der Waals surface area contributed by atoms with Crippen molar-refractivity contribution in [2.24, 2.45) is 0 Å². The van der Waals surface area contributed by atoms with Crippen molar-refractivity contribution in [3.05, 3.63) is 58.1 Å². The van der Waals surface area contributed by atoms with E-state index in [1.54, 1.807) is 30.3 Å². The number of benzene rings is 2. The largest absolute Gasteiger partial charge is 0.417 e. The minimum absolute atomic E-state index is 0.0115. The molecule has 0 aliphatic carbocycles. The summed E-state index contributed by atoms with van der Waals surface area (Å²) >= 11 is 2.90. The van der Waals surface area contributed by atoms with Crippen molar-refractivity contribution in [1.82, 2.24) is 0 Å². The van der Waals surface area contributed by atoms with Crippen LogP contribution in [0.5, 0.6) is 0 Å². The highest BCUT2D eigenvalue weighted by Gasteiger charge is 2.33. The van der Waals surface area contributed by atoms with Crippen LogP contribution in [0.4, 0.5) is 13.2 Å². The Morgan fingerprint density at radius 1 is 0.947 bits per heavy atom. The molecule has 0 heterocycles. The molecule has 0 aliphatic heterocycles. The van der Waals surface area contributed by atoms with E-state index >= 15 is 0 Å². The maximum atomic E-state index is 12.8. The number of nitriles is 1. The first kappa shape index (κ1) is 13.6. The van der Waals surface area contributed by atoms with Gasteiger partial charge in [-0.15, -0.1) is 0 Å².